The average Bonchev–Trinajstić information content (AvgIpc) is 2.72. The number of hydrogen-bond donors (Lipinski definition) is 1. The lowest BCUT2D eigenvalue weighted by atomic mass is 10.1. The van der Waals surface area contributed by atoms with E-state index in [9.17, 15) is 14.0 Å². The molecule has 29 heavy (non-hydrogen) atoms. The highest BCUT2D eigenvalue weighted by atomic mass is 32.2. The minimum absolute atomic E-state index is 0.0708. The maximum absolute atomic E-state index is 14.1. The minimum Gasteiger partial charge on any atom is -0.354 e. The molecule has 2 rings (SSSR count). The molecule has 0 aromatic heterocycles. The zero-order chi connectivity index (χ0) is 21.2. The van der Waals surface area contributed by atoms with Crippen LogP contribution in [-0.4, -0.2) is 35.1 Å². The van der Waals surface area contributed by atoms with Crippen LogP contribution in [0.2, 0.25) is 0 Å². The van der Waals surface area contributed by atoms with Crippen LogP contribution < -0.4 is 5.32 Å². The van der Waals surface area contributed by atoms with E-state index < -0.39 is 6.04 Å². The van der Waals surface area contributed by atoms with E-state index in [2.05, 4.69) is 5.32 Å². The van der Waals surface area contributed by atoms with Gasteiger partial charge < -0.3 is 10.2 Å². The third-order valence-electron chi connectivity index (χ3n) is 4.62. The first-order chi connectivity index (χ1) is 13.9. The van der Waals surface area contributed by atoms with E-state index in [0.717, 1.165) is 11.3 Å². The van der Waals surface area contributed by atoms with Crippen LogP contribution in [0.4, 0.5) is 4.39 Å². The topological polar surface area (TPSA) is 49.4 Å². The molecule has 0 fully saturated rings. The number of benzene rings is 2. The lowest BCUT2D eigenvalue weighted by molar-refractivity contribution is -0.140. The van der Waals surface area contributed by atoms with Crippen molar-refractivity contribution in [2.45, 2.75) is 51.1 Å². The first kappa shape index (κ1) is 22.9. The first-order valence-corrected chi connectivity index (χ1v) is 10.9. The van der Waals surface area contributed by atoms with Crippen molar-refractivity contribution in [3.63, 3.8) is 0 Å². The van der Waals surface area contributed by atoms with Crippen molar-refractivity contribution in [1.29, 1.82) is 0 Å². The molecule has 0 spiro atoms. The number of nitrogens with zero attached hydrogens (tertiary/aromatic N) is 1. The van der Waals surface area contributed by atoms with E-state index in [-0.39, 0.29) is 30.6 Å². The highest BCUT2D eigenvalue weighted by Gasteiger charge is 2.26. The highest BCUT2D eigenvalue weighted by molar-refractivity contribution is 7.99. The fourth-order valence-corrected chi connectivity index (χ4v) is 3.66. The Hall–Kier alpha value is -2.34. The van der Waals surface area contributed by atoms with Crippen molar-refractivity contribution in [3.8, 4) is 0 Å². The van der Waals surface area contributed by atoms with Gasteiger partial charge in [0.2, 0.25) is 11.8 Å². The van der Waals surface area contributed by atoms with Crippen molar-refractivity contribution < 1.29 is 14.0 Å². The second-order valence-corrected chi connectivity index (χ2v) is 8.16. The van der Waals surface area contributed by atoms with Gasteiger partial charge in [0.15, 0.2) is 0 Å². The maximum Gasteiger partial charge on any atom is 0.242 e. The summed E-state index contributed by atoms with van der Waals surface area (Å²) in [4.78, 5) is 27.9. The molecule has 1 atom stereocenters. The van der Waals surface area contributed by atoms with Crippen molar-refractivity contribution in [2.75, 3.05) is 12.3 Å². The van der Waals surface area contributed by atoms with Crippen molar-refractivity contribution in [2.24, 2.45) is 0 Å². The molecule has 1 N–H and O–H groups in total. The van der Waals surface area contributed by atoms with Crippen LogP contribution in [0.3, 0.4) is 0 Å². The van der Waals surface area contributed by atoms with E-state index in [0.29, 0.717) is 17.9 Å². The smallest absolute Gasteiger partial charge is 0.242 e. The summed E-state index contributed by atoms with van der Waals surface area (Å²) in [5.74, 6) is -0.158. The number of rotatable bonds is 10. The number of halogens is 1. The third kappa shape index (κ3) is 7.20. The second kappa shape index (κ2) is 11.6. The fraction of sp³-hybridized carbons (Fsp3) is 0.391. The molecule has 0 aliphatic carbocycles. The van der Waals surface area contributed by atoms with E-state index in [1.807, 2.05) is 38.1 Å². The number of thioether (sulfide) groups is 1. The monoisotopic (exact) mass is 416 g/mol. The van der Waals surface area contributed by atoms with Gasteiger partial charge in [-0.15, -0.1) is 11.8 Å². The van der Waals surface area contributed by atoms with Gasteiger partial charge in [0.1, 0.15) is 11.9 Å². The Morgan fingerprint density at radius 1 is 1.14 bits per heavy atom. The van der Waals surface area contributed by atoms with Gasteiger partial charge in [-0.3, -0.25) is 9.59 Å². The Balaban J connectivity index is 2.05. The fourth-order valence-electron chi connectivity index (χ4n) is 2.82. The van der Waals surface area contributed by atoms with Gasteiger partial charge >= 0.3 is 0 Å². The first-order valence-electron chi connectivity index (χ1n) is 9.92. The molecule has 2 aromatic carbocycles. The summed E-state index contributed by atoms with van der Waals surface area (Å²) in [6.07, 6.45) is 1.09. The zero-order valence-electron chi connectivity index (χ0n) is 17.3. The number of carbonyl (C=O) groups excluding carboxylic acids is 2. The average molecular weight is 417 g/mol. The van der Waals surface area contributed by atoms with Crippen molar-refractivity contribution in [1.82, 2.24) is 10.2 Å². The molecule has 0 bridgehead atoms. The summed E-state index contributed by atoms with van der Waals surface area (Å²) in [6.45, 7) is 6.31. The molecule has 156 valence electrons. The Kier molecular flexibility index (Phi) is 9.19. The van der Waals surface area contributed by atoms with Gasteiger partial charge in [0, 0.05) is 35.7 Å². The number of aryl methyl sites for hydroxylation is 1. The van der Waals surface area contributed by atoms with E-state index in [1.54, 1.807) is 36.9 Å². The molecule has 0 heterocycles. The van der Waals surface area contributed by atoms with Gasteiger partial charge in [0.05, 0.1) is 0 Å². The molecule has 2 amide bonds. The van der Waals surface area contributed by atoms with E-state index in [1.165, 1.54) is 16.5 Å². The number of carbonyl (C=O) groups is 2. The Morgan fingerprint density at radius 2 is 1.83 bits per heavy atom. The molecule has 0 unspecified atom stereocenters. The summed E-state index contributed by atoms with van der Waals surface area (Å²) in [6, 6.07) is 13.8. The molecule has 0 saturated carbocycles. The molecule has 0 saturated heterocycles. The summed E-state index contributed by atoms with van der Waals surface area (Å²) < 4.78 is 14.1. The van der Waals surface area contributed by atoms with Crippen LogP contribution in [0.15, 0.2) is 53.4 Å². The zero-order valence-corrected chi connectivity index (χ0v) is 18.1. The molecule has 0 aliphatic rings. The molecular weight excluding hydrogens is 387 g/mol. The molecule has 4 nitrogen and oxygen atoms in total. The van der Waals surface area contributed by atoms with Gasteiger partial charge in [-0.25, -0.2) is 4.39 Å². The molecule has 0 radical (unpaired) electrons. The van der Waals surface area contributed by atoms with Gasteiger partial charge in [-0.05, 0) is 38.5 Å². The van der Waals surface area contributed by atoms with Crippen molar-refractivity contribution >= 4 is 23.6 Å². The molecule has 0 aliphatic heterocycles. The summed E-state index contributed by atoms with van der Waals surface area (Å²) in [7, 11) is 0. The van der Waals surface area contributed by atoms with E-state index in [4.69, 9.17) is 0 Å². The lowest BCUT2D eigenvalue weighted by Crippen LogP contribution is -2.48. The highest BCUT2D eigenvalue weighted by Crippen LogP contribution is 2.21. The van der Waals surface area contributed by atoms with Crippen LogP contribution in [0.5, 0.6) is 0 Å². The number of amides is 2. The Labute approximate surface area is 176 Å². The standard InChI is InChI=1S/C23H29FN2O2S/c1-4-14-25-23(28)18(3)26(16-19-7-5-6-8-21(19)24)22(27)13-15-29-20-11-9-17(2)10-12-20/h5-12,18H,4,13-16H2,1-3H3,(H,25,28)/t18-/m0/s1. The SMILES string of the molecule is CCCNC(=O)[C@H](C)N(Cc1ccccc1F)C(=O)CCSc1ccc(C)cc1. The number of hydrogen-bond acceptors (Lipinski definition) is 3. The quantitative estimate of drug-likeness (QED) is 0.578. The van der Waals surface area contributed by atoms with Crippen LogP contribution >= 0.6 is 11.8 Å². The summed E-state index contributed by atoms with van der Waals surface area (Å²) >= 11 is 1.60. The van der Waals surface area contributed by atoms with Crippen LogP contribution in [0.25, 0.3) is 0 Å². The van der Waals surface area contributed by atoms with Gasteiger partial charge in [-0.2, -0.15) is 0 Å². The predicted molar refractivity (Wildman–Crippen MR) is 116 cm³/mol. The third-order valence-corrected chi connectivity index (χ3v) is 5.63. The molecule has 2 aromatic rings. The van der Waals surface area contributed by atoms with Crippen LogP contribution in [-0.2, 0) is 16.1 Å². The summed E-state index contributed by atoms with van der Waals surface area (Å²) in [5, 5.41) is 2.82. The number of nitrogens with one attached hydrogen (secondary N) is 1. The minimum atomic E-state index is -0.668. The van der Waals surface area contributed by atoms with Crippen LogP contribution in [0.1, 0.15) is 37.8 Å². The van der Waals surface area contributed by atoms with Gasteiger partial charge in [-0.1, -0.05) is 42.8 Å². The van der Waals surface area contributed by atoms with Crippen molar-refractivity contribution in [3.05, 3.63) is 65.5 Å². The summed E-state index contributed by atoms with van der Waals surface area (Å²) in [5.41, 5.74) is 1.59. The second-order valence-electron chi connectivity index (χ2n) is 6.99. The van der Waals surface area contributed by atoms with Gasteiger partial charge in [0.25, 0.3) is 0 Å². The Bertz CT molecular complexity index is 811. The molecular formula is C23H29FN2O2S. The Morgan fingerprint density at radius 3 is 2.48 bits per heavy atom. The largest absolute Gasteiger partial charge is 0.354 e. The molecule has 6 heteroatoms. The predicted octanol–water partition coefficient (Wildman–Crippen LogP) is 4.56. The lowest BCUT2D eigenvalue weighted by Gasteiger charge is -2.29. The van der Waals surface area contributed by atoms with Crippen LogP contribution in [0, 0.1) is 12.7 Å². The van der Waals surface area contributed by atoms with E-state index >= 15 is 0 Å². The maximum atomic E-state index is 14.1. The normalized spacial score (nSPS) is 11.7.